The summed E-state index contributed by atoms with van der Waals surface area (Å²) in [4.78, 5) is 11.6. The molecule has 0 bridgehead atoms. The Hall–Kier alpha value is -1.02. The molecule has 0 spiro atoms. The Labute approximate surface area is 89.3 Å². The molecule has 0 unspecified atom stereocenters. The lowest BCUT2D eigenvalue weighted by Gasteiger charge is -2.18. The van der Waals surface area contributed by atoms with Crippen molar-refractivity contribution in [2.24, 2.45) is 5.41 Å². The highest BCUT2D eigenvalue weighted by Gasteiger charge is 2.21. The van der Waals surface area contributed by atoms with E-state index >= 15 is 0 Å². The molecule has 75 valence electrons. The molecule has 14 heavy (non-hydrogen) atoms. The fourth-order valence-corrected chi connectivity index (χ4v) is 0.982. The van der Waals surface area contributed by atoms with Gasteiger partial charge in [-0.05, 0) is 18.2 Å². The van der Waals surface area contributed by atoms with Crippen molar-refractivity contribution in [3.63, 3.8) is 0 Å². The van der Waals surface area contributed by atoms with Crippen molar-refractivity contribution in [2.45, 2.75) is 20.8 Å². The van der Waals surface area contributed by atoms with Gasteiger partial charge in [-0.2, -0.15) is 0 Å². The van der Waals surface area contributed by atoms with E-state index in [-0.39, 0.29) is 5.91 Å². The average Bonchev–Trinajstić information content (AvgIpc) is 2.07. The van der Waals surface area contributed by atoms with Gasteiger partial charge in [0.1, 0.15) is 0 Å². The topological polar surface area (TPSA) is 29.1 Å². The van der Waals surface area contributed by atoms with Crippen LogP contribution in [0.1, 0.15) is 20.8 Å². The predicted molar refractivity (Wildman–Crippen MR) is 58.4 cm³/mol. The molecule has 3 heteroatoms. The zero-order valence-electron chi connectivity index (χ0n) is 8.52. The zero-order chi connectivity index (χ0) is 10.8. The maximum Gasteiger partial charge on any atom is 0.229 e. The molecule has 0 heterocycles. The first-order valence-corrected chi connectivity index (χ1v) is 4.76. The van der Waals surface area contributed by atoms with Crippen LogP contribution >= 0.6 is 11.6 Å². The molecule has 1 aromatic carbocycles. The molecule has 0 aromatic heterocycles. The van der Waals surface area contributed by atoms with Crippen molar-refractivity contribution < 1.29 is 4.79 Å². The second kappa shape index (κ2) is 4.01. The molecule has 0 atom stereocenters. The molecule has 0 saturated heterocycles. The van der Waals surface area contributed by atoms with Crippen LogP contribution in [0.4, 0.5) is 5.69 Å². The lowest BCUT2D eigenvalue weighted by Crippen LogP contribution is -2.27. The summed E-state index contributed by atoms with van der Waals surface area (Å²) in [5.74, 6) is -0.0565. The van der Waals surface area contributed by atoms with Gasteiger partial charge in [-0.3, -0.25) is 4.79 Å². The first-order chi connectivity index (χ1) is 6.41. The van der Waals surface area contributed by atoms with Crippen LogP contribution in [0.3, 0.4) is 0 Å². The second-order valence-electron chi connectivity index (χ2n) is 4.11. The standard InChI is InChI=1S/C11H13ClNO/c1-11(2,3)10(14)13-9-7-5-4-6-8(9)12/h4,6-7H,1-3H3,(H,13,14). The molecule has 0 saturated carbocycles. The highest BCUT2D eigenvalue weighted by molar-refractivity contribution is 6.33. The highest BCUT2D eigenvalue weighted by Crippen LogP contribution is 2.23. The quantitative estimate of drug-likeness (QED) is 0.758. The van der Waals surface area contributed by atoms with Crippen molar-refractivity contribution >= 4 is 23.2 Å². The van der Waals surface area contributed by atoms with Gasteiger partial charge in [-0.15, -0.1) is 0 Å². The van der Waals surface area contributed by atoms with E-state index in [4.69, 9.17) is 11.6 Å². The summed E-state index contributed by atoms with van der Waals surface area (Å²) in [7, 11) is 0. The molecular weight excluding hydrogens is 198 g/mol. The van der Waals surface area contributed by atoms with Crippen LogP contribution in [0.2, 0.25) is 5.02 Å². The average molecular weight is 211 g/mol. The van der Waals surface area contributed by atoms with Crippen molar-refractivity contribution in [3.8, 4) is 0 Å². The summed E-state index contributed by atoms with van der Waals surface area (Å²) < 4.78 is 0. The van der Waals surface area contributed by atoms with Gasteiger partial charge in [0.2, 0.25) is 5.91 Å². The zero-order valence-corrected chi connectivity index (χ0v) is 9.27. The predicted octanol–water partition coefficient (Wildman–Crippen LogP) is 3.12. The van der Waals surface area contributed by atoms with Crippen LogP contribution in [-0.2, 0) is 4.79 Å². The fourth-order valence-electron chi connectivity index (χ4n) is 0.817. The molecule has 0 fully saturated rings. The third-order valence-electron chi connectivity index (χ3n) is 1.74. The number of anilines is 1. The molecule has 1 amide bonds. The van der Waals surface area contributed by atoms with E-state index in [0.29, 0.717) is 10.7 Å². The summed E-state index contributed by atoms with van der Waals surface area (Å²) in [5, 5.41) is 3.28. The van der Waals surface area contributed by atoms with Crippen molar-refractivity contribution in [2.75, 3.05) is 5.32 Å². The molecule has 1 aromatic rings. The Morgan fingerprint density at radius 1 is 1.50 bits per heavy atom. The molecule has 0 aliphatic heterocycles. The molecule has 1 radical (unpaired) electrons. The van der Waals surface area contributed by atoms with Crippen molar-refractivity contribution in [3.05, 3.63) is 29.3 Å². The number of benzene rings is 1. The molecule has 0 aliphatic rings. The van der Waals surface area contributed by atoms with E-state index in [1.807, 2.05) is 20.8 Å². The third kappa shape index (κ3) is 2.74. The molecular formula is C11H13ClNO. The van der Waals surface area contributed by atoms with Gasteiger partial charge < -0.3 is 5.32 Å². The van der Waals surface area contributed by atoms with Gasteiger partial charge in [0.05, 0.1) is 10.7 Å². The van der Waals surface area contributed by atoms with E-state index in [1.54, 1.807) is 18.2 Å². The lowest BCUT2D eigenvalue weighted by atomic mass is 9.95. The Morgan fingerprint density at radius 3 is 2.64 bits per heavy atom. The van der Waals surface area contributed by atoms with Gasteiger partial charge >= 0.3 is 0 Å². The first-order valence-electron chi connectivity index (χ1n) is 4.38. The maximum atomic E-state index is 11.6. The first kappa shape index (κ1) is 11.1. The van der Waals surface area contributed by atoms with Gasteiger partial charge in [-0.1, -0.05) is 38.4 Å². The normalized spacial score (nSPS) is 11.1. The number of carbonyl (C=O) groups is 1. The molecule has 1 rings (SSSR count). The van der Waals surface area contributed by atoms with Gasteiger partial charge in [0.15, 0.2) is 0 Å². The van der Waals surface area contributed by atoms with Crippen LogP contribution in [0.5, 0.6) is 0 Å². The van der Waals surface area contributed by atoms with Crippen LogP contribution < -0.4 is 5.32 Å². The van der Waals surface area contributed by atoms with Gasteiger partial charge in [-0.25, -0.2) is 0 Å². The second-order valence-corrected chi connectivity index (χ2v) is 4.52. The number of amides is 1. The van der Waals surface area contributed by atoms with Crippen LogP contribution in [0.15, 0.2) is 18.2 Å². The summed E-state index contributed by atoms with van der Waals surface area (Å²) >= 11 is 5.88. The molecule has 0 aliphatic carbocycles. The van der Waals surface area contributed by atoms with Gasteiger partial charge in [0, 0.05) is 5.41 Å². The van der Waals surface area contributed by atoms with E-state index < -0.39 is 5.41 Å². The largest absolute Gasteiger partial charge is 0.324 e. The minimum atomic E-state index is -0.417. The fraction of sp³-hybridized carbons (Fsp3) is 0.364. The number of halogens is 1. The van der Waals surface area contributed by atoms with E-state index in [9.17, 15) is 4.79 Å². The summed E-state index contributed by atoms with van der Waals surface area (Å²) in [5.41, 5.74) is 0.188. The van der Waals surface area contributed by atoms with Crippen LogP contribution in [-0.4, -0.2) is 5.91 Å². The number of hydrogen-bond donors (Lipinski definition) is 1. The summed E-state index contributed by atoms with van der Waals surface area (Å²) in [6.07, 6.45) is 0. The van der Waals surface area contributed by atoms with E-state index in [1.165, 1.54) is 0 Å². The Morgan fingerprint density at radius 2 is 2.14 bits per heavy atom. The SMILES string of the molecule is CC(C)(C)C(=O)Nc1c[c]ccc1Cl. The number of nitrogens with one attached hydrogen (secondary N) is 1. The van der Waals surface area contributed by atoms with Crippen molar-refractivity contribution in [1.29, 1.82) is 0 Å². The minimum Gasteiger partial charge on any atom is -0.324 e. The summed E-state index contributed by atoms with van der Waals surface area (Å²) in [6, 6.07) is 7.92. The van der Waals surface area contributed by atoms with Crippen LogP contribution in [0.25, 0.3) is 0 Å². The maximum absolute atomic E-state index is 11.6. The van der Waals surface area contributed by atoms with Gasteiger partial charge in [0.25, 0.3) is 0 Å². The number of rotatable bonds is 1. The molecule has 1 N–H and O–H groups in total. The number of hydrogen-bond acceptors (Lipinski definition) is 1. The number of carbonyl (C=O) groups excluding carboxylic acids is 1. The lowest BCUT2D eigenvalue weighted by molar-refractivity contribution is -0.123. The Bertz CT molecular complexity index is 341. The highest BCUT2D eigenvalue weighted by atomic mass is 35.5. The summed E-state index contributed by atoms with van der Waals surface area (Å²) in [6.45, 7) is 5.55. The van der Waals surface area contributed by atoms with E-state index in [0.717, 1.165) is 0 Å². The van der Waals surface area contributed by atoms with Crippen molar-refractivity contribution in [1.82, 2.24) is 0 Å². The Balaban J connectivity index is 2.80. The Kier molecular flexibility index (Phi) is 3.17. The van der Waals surface area contributed by atoms with E-state index in [2.05, 4.69) is 11.4 Å². The monoisotopic (exact) mass is 210 g/mol. The third-order valence-corrected chi connectivity index (χ3v) is 2.07. The smallest absolute Gasteiger partial charge is 0.229 e. The minimum absolute atomic E-state index is 0.0565. The van der Waals surface area contributed by atoms with Crippen LogP contribution in [0, 0.1) is 11.5 Å². The molecule has 2 nitrogen and oxygen atoms in total.